The fourth-order valence-electron chi connectivity index (χ4n) is 4.63. The van der Waals surface area contributed by atoms with Gasteiger partial charge < -0.3 is 14.3 Å². The summed E-state index contributed by atoms with van der Waals surface area (Å²) >= 11 is 0. The third-order valence-corrected chi connectivity index (χ3v) is 6.59. The highest BCUT2D eigenvalue weighted by atomic mass is 16.5. The molecule has 3 heterocycles. The van der Waals surface area contributed by atoms with E-state index in [1.54, 1.807) is 0 Å². The standard InChI is InChI=1S/C24H33N5O3/c1-3-8-21(30)29-12-7-11-20(17-29)24(31)28-15-13-27(14-16-28)18(2)23-25-22(26-32-23)19-9-5-4-6-10-19/h4-6,9-10,18,20H,3,7-8,11-17H2,1-2H3. The number of benzene rings is 1. The van der Waals surface area contributed by atoms with Crippen LogP contribution in [0.15, 0.2) is 34.9 Å². The number of nitrogens with zero attached hydrogens (tertiary/aromatic N) is 5. The third-order valence-electron chi connectivity index (χ3n) is 6.59. The van der Waals surface area contributed by atoms with Gasteiger partial charge in [-0.25, -0.2) is 0 Å². The van der Waals surface area contributed by atoms with E-state index in [2.05, 4.69) is 22.0 Å². The number of carbonyl (C=O) groups excluding carboxylic acids is 2. The van der Waals surface area contributed by atoms with Crippen molar-refractivity contribution >= 4 is 11.8 Å². The van der Waals surface area contributed by atoms with Gasteiger partial charge in [0.1, 0.15) is 0 Å². The largest absolute Gasteiger partial charge is 0.342 e. The lowest BCUT2D eigenvalue weighted by Gasteiger charge is -2.40. The first-order chi connectivity index (χ1) is 15.6. The van der Waals surface area contributed by atoms with E-state index in [0.29, 0.717) is 37.8 Å². The quantitative estimate of drug-likeness (QED) is 0.688. The molecule has 0 saturated carbocycles. The maximum absolute atomic E-state index is 13.1. The fraction of sp³-hybridized carbons (Fsp3) is 0.583. The minimum atomic E-state index is -0.0714. The van der Waals surface area contributed by atoms with Gasteiger partial charge in [-0.1, -0.05) is 42.4 Å². The number of hydrogen-bond acceptors (Lipinski definition) is 6. The van der Waals surface area contributed by atoms with Crippen molar-refractivity contribution in [3.05, 3.63) is 36.2 Å². The minimum Gasteiger partial charge on any atom is -0.342 e. The van der Waals surface area contributed by atoms with Crippen molar-refractivity contribution < 1.29 is 14.1 Å². The van der Waals surface area contributed by atoms with Crippen LogP contribution >= 0.6 is 0 Å². The first-order valence-corrected chi connectivity index (χ1v) is 11.8. The fourth-order valence-corrected chi connectivity index (χ4v) is 4.63. The first kappa shape index (κ1) is 22.5. The van der Waals surface area contributed by atoms with Crippen LogP contribution in [0.25, 0.3) is 11.4 Å². The van der Waals surface area contributed by atoms with Gasteiger partial charge in [-0.3, -0.25) is 14.5 Å². The van der Waals surface area contributed by atoms with Crippen LogP contribution in [0.4, 0.5) is 0 Å². The molecule has 2 atom stereocenters. The van der Waals surface area contributed by atoms with Crippen molar-refractivity contribution in [3.8, 4) is 11.4 Å². The van der Waals surface area contributed by atoms with Crippen molar-refractivity contribution in [1.29, 1.82) is 0 Å². The Balaban J connectivity index is 1.30. The van der Waals surface area contributed by atoms with E-state index < -0.39 is 0 Å². The number of rotatable bonds is 6. The monoisotopic (exact) mass is 439 g/mol. The molecule has 1 aromatic heterocycles. The maximum atomic E-state index is 13.1. The average molecular weight is 440 g/mol. The molecule has 2 unspecified atom stereocenters. The van der Waals surface area contributed by atoms with Crippen LogP contribution in [0.1, 0.15) is 51.5 Å². The van der Waals surface area contributed by atoms with Crippen molar-refractivity contribution in [2.75, 3.05) is 39.3 Å². The number of hydrogen-bond donors (Lipinski definition) is 0. The lowest BCUT2D eigenvalue weighted by atomic mass is 9.95. The molecule has 1 aromatic carbocycles. The Kier molecular flexibility index (Phi) is 7.19. The highest BCUT2D eigenvalue weighted by Crippen LogP contribution is 2.25. The van der Waals surface area contributed by atoms with Gasteiger partial charge in [-0.2, -0.15) is 4.98 Å². The first-order valence-electron chi connectivity index (χ1n) is 11.8. The summed E-state index contributed by atoms with van der Waals surface area (Å²) in [5, 5.41) is 4.13. The van der Waals surface area contributed by atoms with Crippen LogP contribution in [-0.4, -0.2) is 75.9 Å². The summed E-state index contributed by atoms with van der Waals surface area (Å²) in [4.78, 5) is 36.1. The molecule has 2 aromatic rings. The van der Waals surface area contributed by atoms with E-state index in [1.807, 2.05) is 47.1 Å². The Hall–Kier alpha value is -2.74. The Labute approximate surface area is 189 Å². The predicted octanol–water partition coefficient (Wildman–Crippen LogP) is 2.98. The lowest BCUT2D eigenvalue weighted by molar-refractivity contribution is -0.142. The van der Waals surface area contributed by atoms with Gasteiger partial charge in [0.25, 0.3) is 0 Å². The number of amides is 2. The summed E-state index contributed by atoms with van der Waals surface area (Å²) in [7, 11) is 0. The van der Waals surface area contributed by atoms with Gasteiger partial charge in [0, 0.05) is 51.3 Å². The van der Waals surface area contributed by atoms with Crippen LogP contribution < -0.4 is 0 Å². The topological polar surface area (TPSA) is 82.8 Å². The van der Waals surface area contributed by atoms with Crippen LogP contribution in [0.3, 0.4) is 0 Å². The van der Waals surface area contributed by atoms with E-state index in [4.69, 9.17) is 4.52 Å². The van der Waals surface area contributed by atoms with Gasteiger partial charge in [0.05, 0.1) is 12.0 Å². The second-order valence-corrected chi connectivity index (χ2v) is 8.79. The van der Waals surface area contributed by atoms with Crippen molar-refractivity contribution in [2.24, 2.45) is 5.92 Å². The number of carbonyl (C=O) groups is 2. The number of likely N-dealkylation sites (tertiary alicyclic amines) is 1. The summed E-state index contributed by atoms with van der Waals surface area (Å²) in [6.07, 6.45) is 3.19. The Bertz CT molecular complexity index is 907. The van der Waals surface area contributed by atoms with E-state index in [0.717, 1.165) is 44.5 Å². The molecule has 0 aliphatic carbocycles. The summed E-state index contributed by atoms with van der Waals surface area (Å²) in [6, 6.07) is 9.79. The molecule has 2 amide bonds. The molecule has 0 radical (unpaired) electrons. The second kappa shape index (κ2) is 10.3. The van der Waals surface area contributed by atoms with Crippen LogP contribution in [0.5, 0.6) is 0 Å². The number of aromatic nitrogens is 2. The highest BCUT2D eigenvalue weighted by molar-refractivity contribution is 5.81. The Morgan fingerprint density at radius 2 is 1.84 bits per heavy atom. The molecule has 172 valence electrons. The maximum Gasteiger partial charge on any atom is 0.244 e. The molecule has 8 nitrogen and oxygen atoms in total. The summed E-state index contributed by atoms with van der Waals surface area (Å²) in [6.45, 7) is 8.33. The van der Waals surface area contributed by atoms with E-state index in [1.165, 1.54) is 0 Å². The molecule has 0 N–H and O–H groups in total. The van der Waals surface area contributed by atoms with Crippen LogP contribution in [-0.2, 0) is 9.59 Å². The zero-order valence-corrected chi connectivity index (χ0v) is 19.1. The van der Waals surface area contributed by atoms with Gasteiger partial charge >= 0.3 is 0 Å². The highest BCUT2D eigenvalue weighted by Gasteiger charge is 2.33. The van der Waals surface area contributed by atoms with Gasteiger partial charge in [-0.15, -0.1) is 0 Å². The smallest absolute Gasteiger partial charge is 0.244 e. The molecular formula is C24H33N5O3. The van der Waals surface area contributed by atoms with E-state index >= 15 is 0 Å². The third kappa shape index (κ3) is 5.01. The van der Waals surface area contributed by atoms with Crippen LogP contribution in [0, 0.1) is 5.92 Å². The molecule has 32 heavy (non-hydrogen) atoms. The molecule has 4 rings (SSSR count). The molecular weight excluding hydrogens is 406 g/mol. The molecule has 2 fully saturated rings. The summed E-state index contributed by atoms with van der Waals surface area (Å²) in [5.74, 6) is 1.49. The number of piperazine rings is 1. The molecule has 2 aliphatic rings. The van der Waals surface area contributed by atoms with Gasteiger partial charge in [-0.05, 0) is 26.2 Å². The van der Waals surface area contributed by atoms with Crippen molar-refractivity contribution in [3.63, 3.8) is 0 Å². The van der Waals surface area contributed by atoms with E-state index in [9.17, 15) is 9.59 Å². The van der Waals surface area contributed by atoms with Crippen molar-refractivity contribution in [2.45, 2.75) is 45.6 Å². The SMILES string of the molecule is CCCC(=O)N1CCCC(C(=O)N2CCN(C(C)c3nc(-c4ccccc4)no3)CC2)C1. The summed E-state index contributed by atoms with van der Waals surface area (Å²) in [5.41, 5.74) is 0.934. The van der Waals surface area contributed by atoms with Gasteiger partial charge in [0.15, 0.2) is 0 Å². The molecule has 2 saturated heterocycles. The zero-order chi connectivity index (χ0) is 22.5. The number of piperidine rings is 1. The minimum absolute atomic E-state index is 0.00551. The summed E-state index contributed by atoms with van der Waals surface area (Å²) < 4.78 is 5.54. The molecule has 2 aliphatic heterocycles. The van der Waals surface area contributed by atoms with Crippen LogP contribution in [0.2, 0.25) is 0 Å². The average Bonchev–Trinajstić information content (AvgIpc) is 3.34. The lowest BCUT2D eigenvalue weighted by Crippen LogP contribution is -2.53. The van der Waals surface area contributed by atoms with Crippen molar-refractivity contribution in [1.82, 2.24) is 24.8 Å². The molecule has 0 spiro atoms. The molecule has 8 heteroatoms. The Morgan fingerprint density at radius 3 is 2.56 bits per heavy atom. The van der Waals surface area contributed by atoms with Gasteiger partial charge in [0.2, 0.25) is 23.5 Å². The molecule has 0 bridgehead atoms. The zero-order valence-electron chi connectivity index (χ0n) is 19.1. The Morgan fingerprint density at radius 1 is 1.09 bits per heavy atom. The predicted molar refractivity (Wildman–Crippen MR) is 121 cm³/mol. The van der Waals surface area contributed by atoms with E-state index in [-0.39, 0.29) is 23.8 Å². The normalized spacial score (nSPS) is 20.9. The second-order valence-electron chi connectivity index (χ2n) is 8.79.